The van der Waals surface area contributed by atoms with Crippen LogP contribution in [0, 0.1) is 11.3 Å². The summed E-state index contributed by atoms with van der Waals surface area (Å²) in [6.07, 6.45) is 4.28. The number of fused-ring (bicyclic) bond motifs is 1. The molecular formula is C15H11BrN2O. The fourth-order valence-corrected chi connectivity index (χ4v) is 2.92. The van der Waals surface area contributed by atoms with Crippen LogP contribution in [0.25, 0.3) is 5.69 Å². The minimum atomic E-state index is 0.204. The van der Waals surface area contributed by atoms with Crippen molar-refractivity contribution in [3.8, 4) is 11.8 Å². The van der Waals surface area contributed by atoms with Crippen LogP contribution in [-0.2, 0) is 6.42 Å². The molecule has 0 atom stereocenters. The van der Waals surface area contributed by atoms with E-state index in [1.54, 1.807) is 6.07 Å². The van der Waals surface area contributed by atoms with Gasteiger partial charge in [-0.3, -0.25) is 4.79 Å². The van der Waals surface area contributed by atoms with E-state index in [-0.39, 0.29) is 5.78 Å². The molecule has 0 saturated carbocycles. The molecule has 94 valence electrons. The van der Waals surface area contributed by atoms with Gasteiger partial charge >= 0.3 is 0 Å². The predicted octanol–water partition coefficient (Wildman–Crippen LogP) is 3.63. The molecule has 1 aromatic heterocycles. The van der Waals surface area contributed by atoms with Gasteiger partial charge in [0.2, 0.25) is 0 Å². The molecule has 1 aliphatic carbocycles. The SMILES string of the molecule is N#Cc1cc(Br)ccc1-n1ccc2c1CCCC2=O. The molecular weight excluding hydrogens is 304 g/mol. The van der Waals surface area contributed by atoms with Crippen LogP contribution in [0.15, 0.2) is 34.9 Å². The van der Waals surface area contributed by atoms with Crippen molar-refractivity contribution in [2.75, 3.05) is 0 Å². The zero-order valence-corrected chi connectivity index (χ0v) is 11.8. The Morgan fingerprint density at radius 2 is 2.11 bits per heavy atom. The molecule has 2 aromatic rings. The smallest absolute Gasteiger partial charge is 0.164 e. The third kappa shape index (κ3) is 2.00. The number of halogens is 1. The quantitative estimate of drug-likeness (QED) is 0.806. The van der Waals surface area contributed by atoms with Gasteiger partial charge in [-0.05, 0) is 37.1 Å². The highest BCUT2D eigenvalue weighted by Gasteiger charge is 2.21. The Labute approximate surface area is 119 Å². The van der Waals surface area contributed by atoms with Gasteiger partial charge in [0.25, 0.3) is 0 Å². The predicted molar refractivity (Wildman–Crippen MR) is 75.5 cm³/mol. The number of nitriles is 1. The van der Waals surface area contributed by atoms with Gasteiger partial charge in [-0.25, -0.2) is 0 Å². The molecule has 0 saturated heterocycles. The number of Topliss-reactive ketones (excluding diaryl/α,β-unsaturated/α-hetero) is 1. The molecule has 0 fully saturated rings. The maximum absolute atomic E-state index is 11.9. The number of hydrogen-bond donors (Lipinski definition) is 0. The van der Waals surface area contributed by atoms with Crippen LogP contribution in [0.5, 0.6) is 0 Å². The van der Waals surface area contributed by atoms with Gasteiger partial charge in [0, 0.05) is 28.3 Å². The number of ketones is 1. The lowest BCUT2D eigenvalue weighted by Gasteiger charge is -2.16. The van der Waals surface area contributed by atoms with Gasteiger partial charge < -0.3 is 4.57 Å². The Morgan fingerprint density at radius 3 is 2.89 bits per heavy atom. The Balaban J connectivity index is 2.19. The maximum atomic E-state index is 11.9. The molecule has 1 aliphatic rings. The van der Waals surface area contributed by atoms with Crippen LogP contribution < -0.4 is 0 Å². The number of carbonyl (C=O) groups excluding carboxylic acids is 1. The van der Waals surface area contributed by atoms with Crippen molar-refractivity contribution in [3.05, 3.63) is 51.8 Å². The third-order valence-electron chi connectivity index (χ3n) is 3.45. The fourth-order valence-electron chi connectivity index (χ4n) is 2.56. The molecule has 0 aliphatic heterocycles. The van der Waals surface area contributed by atoms with E-state index < -0.39 is 0 Å². The van der Waals surface area contributed by atoms with Crippen LogP contribution in [0.4, 0.5) is 0 Å². The zero-order chi connectivity index (χ0) is 13.4. The fraction of sp³-hybridized carbons (Fsp3) is 0.200. The number of aromatic nitrogens is 1. The zero-order valence-electron chi connectivity index (χ0n) is 10.2. The van der Waals surface area contributed by atoms with Crippen LogP contribution >= 0.6 is 15.9 Å². The topological polar surface area (TPSA) is 45.8 Å². The molecule has 0 amide bonds. The first-order chi connectivity index (χ1) is 9.20. The average Bonchev–Trinajstić information content (AvgIpc) is 2.84. The maximum Gasteiger partial charge on any atom is 0.164 e. The van der Waals surface area contributed by atoms with Crippen LogP contribution in [0.2, 0.25) is 0 Å². The molecule has 3 nitrogen and oxygen atoms in total. The molecule has 19 heavy (non-hydrogen) atoms. The van der Waals surface area contributed by atoms with Gasteiger partial charge in [0.05, 0.1) is 11.3 Å². The van der Waals surface area contributed by atoms with Gasteiger partial charge in [0.15, 0.2) is 5.78 Å². The summed E-state index contributed by atoms with van der Waals surface area (Å²) in [6, 6.07) is 9.68. The summed E-state index contributed by atoms with van der Waals surface area (Å²) in [5.74, 6) is 0.204. The van der Waals surface area contributed by atoms with E-state index in [0.29, 0.717) is 12.0 Å². The van der Waals surface area contributed by atoms with E-state index in [9.17, 15) is 10.1 Å². The van der Waals surface area contributed by atoms with Crippen molar-refractivity contribution in [1.29, 1.82) is 5.26 Å². The first-order valence-corrected chi connectivity index (χ1v) is 6.93. The first-order valence-electron chi connectivity index (χ1n) is 6.14. The molecule has 4 heteroatoms. The second kappa shape index (κ2) is 4.67. The van der Waals surface area contributed by atoms with Crippen molar-refractivity contribution in [3.63, 3.8) is 0 Å². The summed E-state index contributed by atoms with van der Waals surface area (Å²) in [6.45, 7) is 0. The molecule has 0 N–H and O–H groups in total. The van der Waals surface area contributed by atoms with E-state index in [2.05, 4.69) is 22.0 Å². The molecule has 0 unspecified atom stereocenters. The Morgan fingerprint density at radius 1 is 1.26 bits per heavy atom. The van der Waals surface area contributed by atoms with Crippen molar-refractivity contribution in [2.45, 2.75) is 19.3 Å². The summed E-state index contributed by atoms with van der Waals surface area (Å²) in [5, 5.41) is 9.25. The lowest BCUT2D eigenvalue weighted by molar-refractivity contribution is 0.0972. The third-order valence-corrected chi connectivity index (χ3v) is 3.94. The molecule has 0 spiro atoms. The van der Waals surface area contributed by atoms with Crippen molar-refractivity contribution in [1.82, 2.24) is 4.57 Å². The standard InChI is InChI=1S/C15H11BrN2O/c16-11-4-5-13(10(8-11)9-17)18-7-6-12-14(18)2-1-3-15(12)19/h4-8H,1-3H2. The molecule has 0 bridgehead atoms. The van der Waals surface area contributed by atoms with Crippen molar-refractivity contribution < 1.29 is 4.79 Å². The highest BCUT2D eigenvalue weighted by atomic mass is 79.9. The first kappa shape index (κ1) is 12.2. The van der Waals surface area contributed by atoms with E-state index in [1.165, 1.54) is 0 Å². The Kier molecular flexibility index (Phi) is 3.00. The van der Waals surface area contributed by atoms with E-state index in [0.717, 1.165) is 34.3 Å². The minimum absolute atomic E-state index is 0.204. The normalized spacial score (nSPS) is 14.0. The largest absolute Gasteiger partial charge is 0.319 e. The summed E-state index contributed by atoms with van der Waals surface area (Å²) in [5.41, 5.74) is 3.26. The summed E-state index contributed by atoms with van der Waals surface area (Å²) < 4.78 is 2.85. The van der Waals surface area contributed by atoms with E-state index in [4.69, 9.17) is 0 Å². The molecule has 0 radical (unpaired) electrons. The Bertz CT molecular complexity index is 709. The molecule has 1 aromatic carbocycles. The highest BCUT2D eigenvalue weighted by Crippen LogP contribution is 2.27. The summed E-state index contributed by atoms with van der Waals surface area (Å²) >= 11 is 3.37. The Hall–Kier alpha value is -1.86. The van der Waals surface area contributed by atoms with Gasteiger partial charge in [-0.2, -0.15) is 5.26 Å². The number of nitrogens with zero attached hydrogens (tertiary/aromatic N) is 2. The highest BCUT2D eigenvalue weighted by molar-refractivity contribution is 9.10. The van der Waals surface area contributed by atoms with E-state index in [1.807, 2.05) is 29.0 Å². The number of rotatable bonds is 1. The lowest BCUT2D eigenvalue weighted by Crippen LogP contribution is -2.12. The van der Waals surface area contributed by atoms with Crippen LogP contribution in [-0.4, -0.2) is 10.4 Å². The van der Waals surface area contributed by atoms with E-state index >= 15 is 0 Å². The summed E-state index contributed by atoms with van der Waals surface area (Å²) in [7, 11) is 0. The number of hydrogen-bond acceptors (Lipinski definition) is 2. The van der Waals surface area contributed by atoms with Gasteiger partial charge in [-0.15, -0.1) is 0 Å². The second-order valence-corrected chi connectivity index (χ2v) is 5.51. The van der Waals surface area contributed by atoms with Gasteiger partial charge in [-0.1, -0.05) is 15.9 Å². The second-order valence-electron chi connectivity index (χ2n) is 4.60. The van der Waals surface area contributed by atoms with Crippen molar-refractivity contribution in [2.24, 2.45) is 0 Å². The van der Waals surface area contributed by atoms with Gasteiger partial charge in [0.1, 0.15) is 6.07 Å². The number of carbonyl (C=O) groups is 1. The van der Waals surface area contributed by atoms with Crippen molar-refractivity contribution >= 4 is 21.7 Å². The monoisotopic (exact) mass is 314 g/mol. The summed E-state index contributed by atoms with van der Waals surface area (Å²) in [4.78, 5) is 11.9. The molecule has 1 heterocycles. The average molecular weight is 315 g/mol. The number of benzene rings is 1. The minimum Gasteiger partial charge on any atom is -0.319 e. The molecule has 3 rings (SSSR count). The lowest BCUT2D eigenvalue weighted by atomic mass is 9.96. The van der Waals surface area contributed by atoms with Crippen LogP contribution in [0.3, 0.4) is 0 Å². The van der Waals surface area contributed by atoms with Crippen LogP contribution in [0.1, 0.15) is 34.5 Å².